The first kappa shape index (κ1) is 10.9. The van der Waals surface area contributed by atoms with Crippen molar-refractivity contribution in [1.82, 2.24) is 9.36 Å². The van der Waals surface area contributed by atoms with Crippen molar-refractivity contribution in [3.8, 4) is 0 Å². The van der Waals surface area contributed by atoms with Gasteiger partial charge >= 0.3 is 0 Å². The van der Waals surface area contributed by atoms with E-state index in [0.717, 1.165) is 18.1 Å². The molecule has 0 aliphatic heterocycles. The summed E-state index contributed by atoms with van der Waals surface area (Å²) >= 11 is 1.29. The van der Waals surface area contributed by atoms with Gasteiger partial charge in [0.1, 0.15) is 0 Å². The molecule has 2 rings (SSSR count). The molecule has 0 saturated carbocycles. The summed E-state index contributed by atoms with van der Waals surface area (Å²) in [4.78, 5) is 4.06. The lowest BCUT2D eigenvalue weighted by molar-refractivity contribution is 1.04. The molecule has 0 amide bonds. The predicted octanol–water partition coefficient (Wildman–Crippen LogP) is 2.29. The molecule has 0 fully saturated rings. The molecular weight excluding hydrogens is 220 g/mol. The molecule has 5 heteroatoms. The van der Waals surface area contributed by atoms with Crippen LogP contribution in [0.25, 0.3) is 0 Å². The summed E-state index contributed by atoms with van der Waals surface area (Å²) < 4.78 is 3.92. The van der Waals surface area contributed by atoms with Gasteiger partial charge < -0.3 is 11.1 Å². The molecule has 1 heterocycles. The van der Waals surface area contributed by atoms with Gasteiger partial charge in [-0.15, -0.1) is 0 Å². The minimum Gasteiger partial charge on any atom is -0.367 e. The Morgan fingerprint density at radius 2 is 2.06 bits per heavy atom. The first-order valence-corrected chi connectivity index (χ1v) is 5.96. The van der Waals surface area contributed by atoms with Gasteiger partial charge in [0.05, 0.1) is 0 Å². The van der Waals surface area contributed by atoms with Gasteiger partial charge in [-0.2, -0.15) is 9.36 Å². The van der Waals surface area contributed by atoms with Crippen molar-refractivity contribution in [3.05, 3.63) is 35.4 Å². The van der Waals surface area contributed by atoms with E-state index in [4.69, 9.17) is 5.73 Å². The highest BCUT2D eigenvalue weighted by Gasteiger charge is 2.02. The highest BCUT2D eigenvalue weighted by molar-refractivity contribution is 7.09. The van der Waals surface area contributed by atoms with Gasteiger partial charge in [0.15, 0.2) is 0 Å². The number of aromatic nitrogens is 2. The zero-order valence-electron chi connectivity index (χ0n) is 9.10. The molecule has 0 spiro atoms. The lowest BCUT2D eigenvalue weighted by Crippen LogP contribution is -2.02. The van der Waals surface area contributed by atoms with Crippen LogP contribution in [0, 0.1) is 0 Å². The van der Waals surface area contributed by atoms with Gasteiger partial charge in [0.25, 0.3) is 0 Å². The molecule has 3 N–H and O–H groups in total. The highest BCUT2D eigenvalue weighted by Crippen LogP contribution is 2.15. The zero-order valence-corrected chi connectivity index (χ0v) is 9.92. The first-order valence-electron chi connectivity index (χ1n) is 5.19. The van der Waals surface area contributed by atoms with Gasteiger partial charge in [-0.1, -0.05) is 31.2 Å². The summed E-state index contributed by atoms with van der Waals surface area (Å²) in [6, 6.07) is 8.37. The minimum atomic E-state index is 0.330. The Morgan fingerprint density at radius 3 is 2.69 bits per heavy atom. The third-order valence-electron chi connectivity index (χ3n) is 2.37. The van der Waals surface area contributed by atoms with Crippen molar-refractivity contribution < 1.29 is 0 Å². The topological polar surface area (TPSA) is 63.8 Å². The Labute approximate surface area is 98.7 Å². The van der Waals surface area contributed by atoms with Crippen LogP contribution in [0.3, 0.4) is 0 Å². The van der Waals surface area contributed by atoms with Gasteiger partial charge in [-0.25, -0.2) is 0 Å². The second kappa shape index (κ2) is 4.94. The molecule has 4 nitrogen and oxygen atoms in total. The fraction of sp³-hybridized carbons (Fsp3) is 0.273. The third-order valence-corrected chi connectivity index (χ3v) is 3.06. The van der Waals surface area contributed by atoms with E-state index < -0.39 is 0 Å². The quantitative estimate of drug-likeness (QED) is 0.852. The molecule has 84 valence electrons. The van der Waals surface area contributed by atoms with Crippen LogP contribution in [0.4, 0.5) is 11.1 Å². The molecule has 0 radical (unpaired) electrons. The van der Waals surface area contributed by atoms with Crippen LogP contribution in [0.2, 0.25) is 0 Å². The fourth-order valence-electron chi connectivity index (χ4n) is 1.55. The molecule has 0 atom stereocenters. The van der Waals surface area contributed by atoms with Crippen LogP contribution in [0.15, 0.2) is 24.3 Å². The van der Waals surface area contributed by atoms with Gasteiger partial charge in [-0.3, -0.25) is 0 Å². The summed E-state index contributed by atoms with van der Waals surface area (Å²) in [5.41, 5.74) is 8.10. The minimum absolute atomic E-state index is 0.330. The maximum absolute atomic E-state index is 5.45. The maximum Gasteiger partial charge on any atom is 0.233 e. The smallest absolute Gasteiger partial charge is 0.233 e. The highest BCUT2D eigenvalue weighted by atomic mass is 32.1. The van der Waals surface area contributed by atoms with Crippen molar-refractivity contribution in [2.24, 2.45) is 0 Å². The second-order valence-electron chi connectivity index (χ2n) is 3.43. The van der Waals surface area contributed by atoms with E-state index >= 15 is 0 Å². The van der Waals surface area contributed by atoms with Crippen molar-refractivity contribution in [1.29, 1.82) is 0 Å². The fourth-order valence-corrected chi connectivity index (χ4v) is 2.04. The van der Waals surface area contributed by atoms with Crippen molar-refractivity contribution in [2.45, 2.75) is 19.9 Å². The lowest BCUT2D eigenvalue weighted by atomic mass is 10.1. The number of nitrogens with zero attached hydrogens (tertiary/aromatic N) is 2. The number of nitrogen functional groups attached to an aromatic ring is 1. The number of hydrogen-bond donors (Lipinski definition) is 2. The average molecular weight is 234 g/mol. The standard InChI is InChI=1S/C11H14N4S/c1-2-8-5-3-4-6-9(8)7-13-11-14-10(12)15-16-11/h3-6H,2,7H2,1H3,(H3,12,13,14,15). The van der Waals surface area contributed by atoms with Crippen LogP contribution >= 0.6 is 11.5 Å². The van der Waals surface area contributed by atoms with Gasteiger partial charge in [0, 0.05) is 18.1 Å². The molecule has 2 aromatic rings. The number of hydrogen-bond acceptors (Lipinski definition) is 5. The van der Waals surface area contributed by atoms with Gasteiger partial charge in [-0.05, 0) is 17.5 Å². The third kappa shape index (κ3) is 2.49. The number of anilines is 2. The van der Waals surface area contributed by atoms with Gasteiger partial charge in [0.2, 0.25) is 11.1 Å². The van der Waals surface area contributed by atoms with Crippen molar-refractivity contribution >= 4 is 22.6 Å². The van der Waals surface area contributed by atoms with Crippen LogP contribution in [-0.2, 0) is 13.0 Å². The maximum atomic E-state index is 5.45. The average Bonchev–Trinajstić information content (AvgIpc) is 2.73. The zero-order chi connectivity index (χ0) is 11.4. The SMILES string of the molecule is CCc1ccccc1CNc1nc(N)ns1. The number of nitrogens with one attached hydrogen (secondary N) is 1. The number of nitrogens with two attached hydrogens (primary N) is 1. The van der Waals surface area contributed by atoms with E-state index in [-0.39, 0.29) is 0 Å². The molecule has 1 aromatic carbocycles. The Morgan fingerprint density at radius 1 is 1.31 bits per heavy atom. The summed E-state index contributed by atoms with van der Waals surface area (Å²) in [5.74, 6) is 0.330. The van der Waals surface area contributed by atoms with Crippen LogP contribution < -0.4 is 11.1 Å². The Hall–Kier alpha value is -1.62. The Balaban J connectivity index is 2.04. The molecule has 0 aliphatic rings. The summed E-state index contributed by atoms with van der Waals surface area (Å²) in [5, 5.41) is 3.99. The predicted molar refractivity (Wildman–Crippen MR) is 67.5 cm³/mol. The van der Waals surface area contributed by atoms with E-state index in [2.05, 4.69) is 39.8 Å². The molecule has 0 aliphatic carbocycles. The van der Waals surface area contributed by atoms with E-state index in [0.29, 0.717) is 5.95 Å². The van der Waals surface area contributed by atoms with Crippen LogP contribution in [0.1, 0.15) is 18.1 Å². The first-order chi connectivity index (χ1) is 7.79. The number of rotatable bonds is 4. The van der Waals surface area contributed by atoms with E-state index in [1.165, 1.54) is 22.7 Å². The molecule has 16 heavy (non-hydrogen) atoms. The molecule has 0 saturated heterocycles. The molecular formula is C11H14N4S. The summed E-state index contributed by atoms with van der Waals surface area (Å²) in [7, 11) is 0. The molecule has 1 aromatic heterocycles. The molecule has 0 unspecified atom stereocenters. The van der Waals surface area contributed by atoms with E-state index in [1.54, 1.807) is 0 Å². The Bertz CT molecular complexity index is 467. The largest absolute Gasteiger partial charge is 0.367 e. The van der Waals surface area contributed by atoms with E-state index in [1.807, 2.05) is 6.07 Å². The van der Waals surface area contributed by atoms with Crippen molar-refractivity contribution in [3.63, 3.8) is 0 Å². The van der Waals surface area contributed by atoms with E-state index in [9.17, 15) is 0 Å². The Kier molecular flexibility index (Phi) is 3.36. The summed E-state index contributed by atoms with van der Waals surface area (Å²) in [6.07, 6.45) is 1.04. The van der Waals surface area contributed by atoms with Crippen molar-refractivity contribution in [2.75, 3.05) is 11.1 Å². The number of aryl methyl sites for hydroxylation is 1. The number of benzene rings is 1. The monoisotopic (exact) mass is 234 g/mol. The molecule has 0 bridgehead atoms. The lowest BCUT2D eigenvalue weighted by Gasteiger charge is -2.07. The normalized spacial score (nSPS) is 10.3. The van der Waals surface area contributed by atoms with Crippen LogP contribution in [0.5, 0.6) is 0 Å². The summed E-state index contributed by atoms with van der Waals surface area (Å²) in [6.45, 7) is 2.92. The van der Waals surface area contributed by atoms with Crippen LogP contribution in [-0.4, -0.2) is 9.36 Å². The second-order valence-corrected chi connectivity index (χ2v) is 4.19.